The number of rotatable bonds is 4. The molecule has 0 N–H and O–H groups in total. The van der Waals surface area contributed by atoms with Crippen LogP contribution in [0.5, 0.6) is 5.75 Å². The number of hydrogen-bond acceptors (Lipinski definition) is 6. The number of fused-ring (bicyclic) bond motifs is 1. The van der Waals surface area contributed by atoms with E-state index in [1.807, 2.05) is 43.3 Å². The Kier molecular flexibility index (Phi) is 3.78. The Bertz CT molecular complexity index is 1070. The molecule has 2 aromatic carbocycles. The zero-order valence-electron chi connectivity index (χ0n) is 13.4. The summed E-state index contributed by atoms with van der Waals surface area (Å²) in [7, 11) is 0. The second kappa shape index (κ2) is 6.24. The molecule has 25 heavy (non-hydrogen) atoms. The molecule has 4 aromatic rings. The number of ether oxygens (including phenoxy) is 1. The van der Waals surface area contributed by atoms with Gasteiger partial charge in [-0.25, -0.2) is 4.79 Å². The van der Waals surface area contributed by atoms with E-state index in [0.717, 1.165) is 10.9 Å². The van der Waals surface area contributed by atoms with Crippen LogP contribution >= 0.6 is 0 Å². The third-order valence-corrected chi connectivity index (χ3v) is 3.72. The van der Waals surface area contributed by atoms with Gasteiger partial charge in [0.25, 0.3) is 5.89 Å². The minimum absolute atomic E-state index is 0.369. The van der Waals surface area contributed by atoms with Crippen molar-refractivity contribution in [2.75, 3.05) is 0 Å². The van der Waals surface area contributed by atoms with Crippen molar-refractivity contribution in [2.24, 2.45) is 0 Å². The molecule has 0 radical (unpaired) electrons. The summed E-state index contributed by atoms with van der Waals surface area (Å²) >= 11 is 0. The Labute approximate surface area is 142 Å². The van der Waals surface area contributed by atoms with Crippen LogP contribution in [0.3, 0.4) is 0 Å². The molecule has 4 rings (SSSR count). The third-order valence-electron chi connectivity index (χ3n) is 3.72. The highest BCUT2D eigenvalue weighted by Gasteiger charge is 2.17. The predicted octanol–water partition coefficient (Wildman–Crippen LogP) is 3.98. The van der Waals surface area contributed by atoms with Crippen molar-refractivity contribution in [3.8, 4) is 17.2 Å². The molecule has 6 heteroatoms. The van der Waals surface area contributed by atoms with E-state index < -0.39 is 11.7 Å². The van der Waals surface area contributed by atoms with Crippen molar-refractivity contribution in [1.82, 2.24) is 10.2 Å². The normalized spacial score (nSPS) is 12.2. The van der Waals surface area contributed by atoms with E-state index >= 15 is 0 Å². The predicted molar refractivity (Wildman–Crippen MR) is 91.3 cm³/mol. The Morgan fingerprint density at radius 1 is 0.960 bits per heavy atom. The molecule has 6 nitrogen and oxygen atoms in total. The summed E-state index contributed by atoms with van der Waals surface area (Å²) in [5.74, 6) is 1.36. The Morgan fingerprint density at radius 2 is 1.76 bits per heavy atom. The average molecular weight is 334 g/mol. The number of nitrogens with zero attached hydrogens (tertiary/aromatic N) is 2. The van der Waals surface area contributed by atoms with Gasteiger partial charge < -0.3 is 13.6 Å². The molecule has 0 aliphatic carbocycles. The van der Waals surface area contributed by atoms with Crippen molar-refractivity contribution < 1.29 is 13.6 Å². The molecule has 0 aliphatic heterocycles. The van der Waals surface area contributed by atoms with Gasteiger partial charge >= 0.3 is 5.63 Å². The van der Waals surface area contributed by atoms with Crippen LogP contribution in [-0.2, 0) is 0 Å². The average Bonchev–Trinajstić information content (AvgIpc) is 3.12. The molecule has 0 aliphatic rings. The Hall–Kier alpha value is -3.41. The van der Waals surface area contributed by atoms with Gasteiger partial charge in [-0.1, -0.05) is 18.2 Å². The van der Waals surface area contributed by atoms with Gasteiger partial charge in [-0.05, 0) is 37.3 Å². The quantitative estimate of drug-likeness (QED) is 0.525. The van der Waals surface area contributed by atoms with Gasteiger partial charge in [0.2, 0.25) is 5.89 Å². The topological polar surface area (TPSA) is 78.4 Å². The molecule has 1 atom stereocenters. The highest BCUT2D eigenvalue weighted by atomic mass is 16.5. The van der Waals surface area contributed by atoms with E-state index in [1.165, 1.54) is 6.07 Å². The van der Waals surface area contributed by atoms with Crippen LogP contribution in [-0.4, -0.2) is 10.2 Å². The number of hydrogen-bond donors (Lipinski definition) is 0. The zero-order chi connectivity index (χ0) is 17.2. The fourth-order valence-electron chi connectivity index (χ4n) is 2.47. The summed E-state index contributed by atoms with van der Waals surface area (Å²) in [6.07, 6.45) is -0.446. The smallest absolute Gasteiger partial charge is 0.336 e. The molecule has 0 saturated carbocycles. The molecule has 0 fully saturated rings. The molecular weight excluding hydrogens is 320 g/mol. The van der Waals surface area contributed by atoms with E-state index in [-0.39, 0.29) is 0 Å². The summed E-state index contributed by atoms with van der Waals surface area (Å²) in [4.78, 5) is 11.3. The van der Waals surface area contributed by atoms with Gasteiger partial charge in [-0.2, -0.15) is 0 Å². The van der Waals surface area contributed by atoms with Crippen LogP contribution in [0.25, 0.3) is 22.4 Å². The summed E-state index contributed by atoms with van der Waals surface area (Å²) in [5.41, 5.74) is 0.913. The van der Waals surface area contributed by atoms with Crippen molar-refractivity contribution in [3.05, 3.63) is 77.0 Å². The first-order valence-electron chi connectivity index (χ1n) is 7.78. The maximum Gasteiger partial charge on any atom is 0.336 e. The lowest BCUT2D eigenvalue weighted by atomic mass is 10.2. The van der Waals surface area contributed by atoms with Crippen LogP contribution in [0.15, 0.2) is 74.3 Å². The lowest BCUT2D eigenvalue weighted by molar-refractivity contribution is 0.189. The zero-order valence-corrected chi connectivity index (χ0v) is 13.4. The summed E-state index contributed by atoms with van der Waals surface area (Å²) in [6.45, 7) is 1.81. The van der Waals surface area contributed by atoms with Crippen molar-refractivity contribution in [2.45, 2.75) is 13.0 Å². The summed E-state index contributed by atoms with van der Waals surface area (Å²) in [6, 6.07) is 17.9. The van der Waals surface area contributed by atoms with E-state index in [2.05, 4.69) is 10.2 Å². The number of benzene rings is 2. The van der Waals surface area contributed by atoms with Crippen LogP contribution in [0.2, 0.25) is 0 Å². The monoisotopic (exact) mass is 334 g/mol. The highest BCUT2D eigenvalue weighted by Crippen LogP contribution is 2.26. The Balaban J connectivity index is 1.57. The van der Waals surface area contributed by atoms with E-state index in [1.54, 1.807) is 18.2 Å². The second-order valence-electron chi connectivity index (χ2n) is 5.53. The molecule has 0 spiro atoms. The third kappa shape index (κ3) is 3.14. The first-order chi connectivity index (χ1) is 12.2. The molecule has 0 amide bonds. The lowest BCUT2D eigenvalue weighted by Crippen LogP contribution is -2.03. The molecule has 2 aromatic heterocycles. The number of aromatic nitrogens is 2. The molecular formula is C19H14N2O4. The van der Waals surface area contributed by atoms with Crippen LogP contribution in [0, 0.1) is 0 Å². The highest BCUT2D eigenvalue weighted by molar-refractivity contribution is 5.77. The van der Waals surface area contributed by atoms with Gasteiger partial charge in [0, 0.05) is 23.1 Å². The standard InChI is InChI=1S/C19H14N2O4/c1-12(18-20-21-19(25-18)14-5-3-2-4-6-14)23-15-9-7-13-8-10-17(22)24-16(13)11-15/h2-12H,1H3. The molecule has 124 valence electrons. The van der Waals surface area contributed by atoms with Crippen LogP contribution in [0.1, 0.15) is 18.9 Å². The van der Waals surface area contributed by atoms with Gasteiger partial charge in [0.1, 0.15) is 11.3 Å². The molecule has 1 unspecified atom stereocenters. The molecule has 2 heterocycles. The van der Waals surface area contributed by atoms with Gasteiger partial charge in [-0.3, -0.25) is 0 Å². The Morgan fingerprint density at radius 3 is 2.60 bits per heavy atom. The van der Waals surface area contributed by atoms with Crippen LogP contribution in [0.4, 0.5) is 0 Å². The fourth-order valence-corrected chi connectivity index (χ4v) is 2.47. The van der Waals surface area contributed by atoms with Crippen molar-refractivity contribution in [1.29, 1.82) is 0 Å². The van der Waals surface area contributed by atoms with E-state index in [9.17, 15) is 4.79 Å². The summed E-state index contributed by atoms with van der Waals surface area (Å²) < 4.78 is 16.7. The minimum atomic E-state index is -0.446. The first kappa shape index (κ1) is 15.1. The lowest BCUT2D eigenvalue weighted by Gasteiger charge is -2.11. The fraction of sp³-hybridized carbons (Fsp3) is 0.105. The minimum Gasteiger partial charge on any atom is -0.481 e. The van der Waals surface area contributed by atoms with Crippen LogP contribution < -0.4 is 10.4 Å². The van der Waals surface area contributed by atoms with E-state index in [0.29, 0.717) is 23.1 Å². The molecule has 0 bridgehead atoms. The SMILES string of the molecule is CC(Oc1ccc2ccc(=O)oc2c1)c1nnc(-c2ccccc2)o1. The second-order valence-corrected chi connectivity index (χ2v) is 5.53. The van der Waals surface area contributed by atoms with Gasteiger partial charge in [-0.15, -0.1) is 10.2 Å². The largest absolute Gasteiger partial charge is 0.481 e. The van der Waals surface area contributed by atoms with Crippen molar-refractivity contribution in [3.63, 3.8) is 0 Å². The van der Waals surface area contributed by atoms with Gasteiger partial charge in [0.05, 0.1) is 0 Å². The van der Waals surface area contributed by atoms with Crippen molar-refractivity contribution >= 4 is 11.0 Å². The summed E-state index contributed by atoms with van der Waals surface area (Å²) in [5, 5.41) is 8.93. The van der Waals surface area contributed by atoms with Gasteiger partial charge in [0.15, 0.2) is 6.10 Å². The maximum atomic E-state index is 11.3. The molecule has 0 saturated heterocycles. The van der Waals surface area contributed by atoms with E-state index in [4.69, 9.17) is 13.6 Å². The first-order valence-corrected chi connectivity index (χ1v) is 7.78. The maximum absolute atomic E-state index is 11.3.